The van der Waals surface area contributed by atoms with Crippen LogP contribution >= 0.6 is 0 Å². The zero-order valence-corrected chi connectivity index (χ0v) is 13.8. The molecule has 1 saturated carbocycles. The smallest absolute Gasteiger partial charge is 0.326 e. The molecule has 3 rings (SSSR count). The van der Waals surface area contributed by atoms with Crippen LogP contribution in [0.3, 0.4) is 0 Å². The highest BCUT2D eigenvalue weighted by atomic mass is 16.4. The number of nitrogens with one attached hydrogen (secondary N) is 2. The molecule has 0 saturated heterocycles. The Morgan fingerprint density at radius 2 is 1.72 bits per heavy atom. The molecular formula is C19H21N3O3. The largest absolute Gasteiger partial charge is 0.480 e. The Morgan fingerprint density at radius 1 is 1.08 bits per heavy atom. The molecule has 0 radical (unpaired) electrons. The van der Waals surface area contributed by atoms with Crippen LogP contribution < -0.4 is 10.6 Å². The maximum atomic E-state index is 12.3. The van der Waals surface area contributed by atoms with Gasteiger partial charge in [-0.15, -0.1) is 0 Å². The molecule has 1 heterocycles. The summed E-state index contributed by atoms with van der Waals surface area (Å²) in [6.07, 6.45) is 7.06. The Labute approximate surface area is 146 Å². The number of carbonyl (C=O) groups is 2. The maximum absolute atomic E-state index is 12.3. The molecule has 2 aromatic rings. The van der Waals surface area contributed by atoms with E-state index in [0.29, 0.717) is 17.9 Å². The van der Waals surface area contributed by atoms with Gasteiger partial charge in [0, 0.05) is 29.3 Å². The van der Waals surface area contributed by atoms with Gasteiger partial charge < -0.3 is 15.7 Å². The van der Waals surface area contributed by atoms with Crippen molar-refractivity contribution >= 4 is 23.3 Å². The van der Waals surface area contributed by atoms with E-state index in [0.717, 1.165) is 17.8 Å². The summed E-state index contributed by atoms with van der Waals surface area (Å²) in [5.74, 6) is -0.707. The molecule has 0 aliphatic heterocycles. The van der Waals surface area contributed by atoms with Crippen LogP contribution in [0.1, 0.15) is 36.0 Å². The summed E-state index contributed by atoms with van der Waals surface area (Å²) < 4.78 is 0. The first-order valence-corrected chi connectivity index (χ1v) is 8.42. The number of aromatic nitrogens is 1. The fraction of sp³-hybridized carbons (Fsp3) is 0.316. The molecule has 1 aliphatic rings. The predicted molar refractivity (Wildman–Crippen MR) is 94.8 cm³/mol. The number of nitrogens with zero attached hydrogens (tertiary/aromatic N) is 1. The van der Waals surface area contributed by atoms with Gasteiger partial charge in [-0.25, -0.2) is 4.79 Å². The minimum Gasteiger partial charge on any atom is -0.480 e. The van der Waals surface area contributed by atoms with Crippen LogP contribution in [0.25, 0.3) is 0 Å². The first-order valence-electron chi connectivity index (χ1n) is 8.42. The van der Waals surface area contributed by atoms with Crippen molar-refractivity contribution in [1.29, 1.82) is 0 Å². The number of carbonyl (C=O) groups excluding carboxylic acids is 1. The van der Waals surface area contributed by atoms with Gasteiger partial charge in [-0.1, -0.05) is 12.8 Å². The van der Waals surface area contributed by atoms with Crippen LogP contribution in [0.2, 0.25) is 0 Å². The third-order valence-electron chi connectivity index (χ3n) is 4.28. The van der Waals surface area contributed by atoms with E-state index in [2.05, 4.69) is 15.6 Å². The van der Waals surface area contributed by atoms with Gasteiger partial charge >= 0.3 is 5.97 Å². The van der Waals surface area contributed by atoms with Crippen molar-refractivity contribution in [2.45, 2.75) is 31.7 Å². The van der Waals surface area contributed by atoms with Gasteiger partial charge in [0.2, 0.25) is 0 Å². The van der Waals surface area contributed by atoms with E-state index in [1.54, 1.807) is 36.7 Å². The topological polar surface area (TPSA) is 91.3 Å². The quantitative estimate of drug-likeness (QED) is 0.687. The molecule has 1 aromatic carbocycles. The zero-order valence-electron chi connectivity index (χ0n) is 13.8. The second-order valence-corrected chi connectivity index (χ2v) is 6.32. The van der Waals surface area contributed by atoms with Crippen LogP contribution in [0, 0.1) is 5.92 Å². The van der Waals surface area contributed by atoms with Gasteiger partial charge in [-0.3, -0.25) is 9.78 Å². The molecule has 1 amide bonds. The van der Waals surface area contributed by atoms with E-state index in [1.807, 2.05) is 12.1 Å². The van der Waals surface area contributed by atoms with E-state index < -0.39 is 12.0 Å². The molecule has 130 valence electrons. The standard InChI is InChI=1S/C19H21N3O3/c23-18(22-17(19(24)25)8-3-13-1-2-13)14-4-6-15(7-5-14)21-16-9-11-20-12-10-16/h4-7,9-13,17H,1-3,8H2,(H,20,21)(H,22,23)(H,24,25). The van der Waals surface area contributed by atoms with Crippen LogP contribution in [0.15, 0.2) is 48.8 Å². The monoisotopic (exact) mass is 339 g/mol. The normalized spacial score (nSPS) is 14.6. The molecule has 1 fully saturated rings. The highest BCUT2D eigenvalue weighted by molar-refractivity contribution is 5.96. The average molecular weight is 339 g/mol. The molecule has 1 atom stereocenters. The molecule has 0 bridgehead atoms. The SMILES string of the molecule is O=C(NC(CCC1CC1)C(=O)O)c1ccc(Nc2ccncc2)cc1. The Morgan fingerprint density at radius 3 is 2.32 bits per heavy atom. The van der Waals surface area contributed by atoms with Crippen LogP contribution in [0.5, 0.6) is 0 Å². The van der Waals surface area contributed by atoms with Gasteiger partial charge in [-0.05, 0) is 55.2 Å². The van der Waals surface area contributed by atoms with E-state index in [9.17, 15) is 14.7 Å². The Bertz CT molecular complexity index is 727. The summed E-state index contributed by atoms with van der Waals surface area (Å²) in [5, 5.41) is 15.1. The molecule has 3 N–H and O–H groups in total. The van der Waals surface area contributed by atoms with E-state index in [1.165, 1.54) is 12.8 Å². The third kappa shape index (κ3) is 5.04. The highest BCUT2D eigenvalue weighted by Gasteiger charge is 2.26. The molecule has 6 heteroatoms. The lowest BCUT2D eigenvalue weighted by atomic mass is 10.1. The van der Waals surface area contributed by atoms with Crippen LogP contribution in [-0.2, 0) is 4.79 Å². The lowest BCUT2D eigenvalue weighted by Crippen LogP contribution is -2.40. The molecular weight excluding hydrogens is 318 g/mol. The summed E-state index contributed by atoms with van der Waals surface area (Å²) in [6, 6.07) is 9.79. The van der Waals surface area contributed by atoms with Crippen LogP contribution in [-0.4, -0.2) is 28.0 Å². The minimum atomic E-state index is -0.982. The summed E-state index contributed by atoms with van der Waals surface area (Å²) in [7, 11) is 0. The number of benzene rings is 1. The lowest BCUT2D eigenvalue weighted by molar-refractivity contribution is -0.139. The molecule has 1 aliphatic carbocycles. The fourth-order valence-electron chi connectivity index (χ4n) is 2.61. The van der Waals surface area contributed by atoms with Crippen LogP contribution in [0.4, 0.5) is 11.4 Å². The Kier molecular flexibility index (Phi) is 5.28. The molecule has 1 unspecified atom stereocenters. The van der Waals surface area contributed by atoms with E-state index in [-0.39, 0.29) is 5.91 Å². The highest BCUT2D eigenvalue weighted by Crippen LogP contribution is 2.33. The zero-order chi connectivity index (χ0) is 17.6. The van der Waals surface area contributed by atoms with Gasteiger partial charge in [-0.2, -0.15) is 0 Å². The number of anilines is 2. The van der Waals surface area contributed by atoms with Crippen molar-refractivity contribution < 1.29 is 14.7 Å². The van der Waals surface area contributed by atoms with Gasteiger partial charge in [0.05, 0.1) is 0 Å². The minimum absolute atomic E-state index is 0.362. The van der Waals surface area contributed by atoms with Gasteiger partial charge in [0.15, 0.2) is 0 Å². The van der Waals surface area contributed by atoms with Crippen molar-refractivity contribution in [3.8, 4) is 0 Å². The van der Waals surface area contributed by atoms with Crippen molar-refractivity contribution in [1.82, 2.24) is 10.3 Å². The number of pyridine rings is 1. The number of carboxylic acid groups (broad SMARTS) is 1. The number of hydrogen-bond donors (Lipinski definition) is 3. The van der Waals surface area contributed by atoms with Crippen molar-refractivity contribution in [3.05, 3.63) is 54.4 Å². The molecule has 6 nitrogen and oxygen atoms in total. The van der Waals surface area contributed by atoms with Gasteiger partial charge in [0.1, 0.15) is 6.04 Å². The number of aliphatic carboxylic acids is 1. The Balaban J connectivity index is 1.58. The lowest BCUT2D eigenvalue weighted by Gasteiger charge is -2.14. The number of rotatable bonds is 8. The van der Waals surface area contributed by atoms with E-state index in [4.69, 9.17) is 0 Å². The summed E-state index contributed by atoms with van der Waals surface area (Å²) in [5.41, 5.74) is 2.18. The first kappa shape index (κ1) is 17.0. The summed E-state index contributed by atoms with van der Waals surface area (Å²) in [6.45, 7) is 0. The number of hydrogen-bond acceptors (Lipinski definition) is 4. The van der Waals surface area contributed by atoms with Gasteiger partial charge in [0.25, 0.3) is 5.91 Å². The predicted octanol–water partition coefficient (Wildman–Crippen LogP) is 3.20. The fourth-order valence-corrected chi connectivity index (χ4v) is 2.61. The summed E-state index contributed by atoms with van der Waals surface area (Å²) in [4.78, 5) is 27.6. The van der Waals surface area contributed by atoms with Crippen molar-refractivity contribution in [2.24, 2.45) is 5.92 Å². The molecule has 1 aromatic heterocycles. The molecule has 25 heavy (non-hydrogen) atoms. The third-order valence-corrected chi connectivity index (χ3v) is 4.28. The Hall–Kier alpha value is -2.89. The maximum Gasteiger partial charge on any atom is 0.326 e. The van der Waals surface area contributed by atoms with Crippen molar-refractivity contribution in [2.75, 3.05) is 5.32 Å². The molecule has 0 spiro atoms. The average Bonchev–Trinajstić information content (AvgIpc) is 3.44. The second kappa shape index (κ2) is 7.79. The number of carboxylic acids is 1. The van der Waals surface area contributed by atoms with E-state index >= 15 is 0 Å². The number of amides is 1. The first-order chi connectivity index (χ1) is 12.1. The van der Waals surface area contributed by atoms with Crippen molar-refractivity contribution in [3.63, 3.8) is 0 Å². The summed E-state index contributed by atoms with van der Waals surface area (Å²) >= 11 is 0. The second-order valence-electron chi connectivity index (χ2n) is 6.32.